The van der Waals surface area contributed by atoms with Crippen molar-refractivity contribution in [2.24, 2.45) is 7.05 Å². The van der Waals surface area contributed by atoms with Crippen LogP contribution in [0.1, 0.15) is 20.7 Å². The normalized spacial score (nSPS) is 14.2. The number of rotatable bonds is 2. The average molecular weight is 428 g/mol. The standard InChI is InChI=1S/C22H19ClFN3O3/c1-25-19-5-3-2-4-15(19)16(13-20(25)28)21(29)26-8-10-27(11-9-26)22(30)17-12-14(23)6-7-18(17)24/h2-7,12-13H,8-11H2,1H3. The van der Waals surface area contributed by atoms with Gasteiger partial charge in [0.25, 0.3) is 17.4 Å². The van der Waals surface area contributed by atoms with Gasteiger partial charge in [-0.05, 0) is 24.3 Å². The van der Waals surface area contributed by atoms with E-state index in [1.165, 1.54) is 27.7 Å². The second-order valence-corrected chi connectivity index (χ2v) is 7.62. The first kappa shape index (κ1) is 20.1. The van der Waals surface area contributed by atoms with Crippen LogP contribution in [0.25, 0.3) is 10.9 Å². The lowest BCUT2D eigenvalue weighted by molar-refractivity contribution is 0.0533. The number of hydrogen-bond acceptors (Lipinski definition) is 3. The Morgan fingerprint density at radius 1 is 0.900 bits per heavy atom. The summed E-state index contributed by atoms with van der Waals surface area (Å²) in [5.74, 6) is -1.35. The van der Waals surface area contributed by atoms with E-state index < -0.39 is 11.7 Å². The topological polar surface area (TPSA) is 62.6 Å². The number of pyridine rings is 1. The maximum Gasteiger partial charge on any atom is 0.257 e. The molecule has 0 unspecified atom stereocenters. The van der Waals surface area contributed by atoms with E-state index in [2.05, 4.69) is 0 Å². The Labute approximate surface area is 177 Å². The minimum absolute atomic E-state index is 0.0835. The number of carbonyl (C=O) groups is 2. The van der Waals surface area contributed by atoms with Crippen molar-refractivity contribution in [1.29, 1.82) is 0 Å². The molecule has 30 heavy (non-hydrogen) atoms. The molecule has 0 N–H and O–H groups in total. The molecule has 2 heterocycles. The molecule has 0 atom stereocenters. The van der Waals surface area contributed by atoms with Crippen LogP contribution in [0.2, 0.25) is 5.02 Å². The number of benzene rings is 2. The van der Waals surface area contributed by atoms with Crippen LogP contribution < -0.4 is 5.56 Å². The van der Waals surface area contributed by atoms with E-state index in [1.54, 1.807) is 18.0 Å². The number of carbonyl (C=O) groups excluding carboxylic acids is 2. The fraction of sp³-hybridized carbons (Fsp3) is 0.227. The van der Waals surface area contributed by atoms with Gasteiger partial charge in [0.05, 0.1) is 16.6 Å². The van der Waals surface area contributed by atoms with Gasteiger partial charge in [0.15, 0.2) is 0 Å². The fourth-order valence-corrected chi connectivity index (χ4v) is 3.87. The van der Waals surface area contributed by atoms with E-state index in [4.69, 9.17) is 11.6 Å². The highest BCUT2D eigenvalue weighted by atomic mass is 35.5. The molecule has 2 amide bonds. The van der Waals surface area contributed by atoms with Crippen LogP contribution in [0, 0.1) is 5.82 Å². The molecule has 4 rings (SSSR count). The van der Waals surface area contributed by atoms with Crippen molar-refractivity contribution < 1.29 is 14.0 Å². The zero-order valence-corrected chi connectivity index (χ0v) is 17.0. The van der Waals surface area contributed by atoms with Crippen LogP contribution in [0.15, 0.2) is 53.3 Å². The molecule has 0 aliphatic carbocycles. The first-order valence-corrected chi connectivity index (χ1v) is 9.87. The number of nitrogens with zero attached hydrogens (tertiary/aromatic N) is 3. The molecule has 0 spiro atoms. The Morgan fingerprint density at radius 2 is 1.50 bits per heavy atom. The fourth-order valence-electron chi connectivity index (χ4n) is 3.70. The van der Waals surface area contributed by atoms with Crippen LogP contribution in [0.3, 0.4) is 0 Å². The molecule has 2 aromatic carbocycles. The third-order valence-electron chi connectivity index (χ3n) is 5.40. The summed E-state index contributed by atoms with van der Waals surface area (Å²) in [7, 11) is 1.66. The second kappa shape index (κ2) is 7.91. The maximum absolute atomic E-state index is 14.0. The van der Waals surface area contributed by atoms with Crippen molar-refractivity contribution in [2.45, 2.75) is 0 Å². The average Bonchev–Trinajstić information content (AvgIpc) is 2.77. The van der Waals surface area contributed by atoms with Crippen molar-refractivity contribution in [3.05, 3.63) is 80.9 Å². The molecular weight excluding hydrogens is 409 g/mol. The van der Waals surface area contributed by atoms with E-state index in [-0.39, 0.29) is 48.2 Å². The zero-order valence-electron chi connectivity index (χ0n) is 16.3. The van der Waals surface area contributed by atoms with Crippen molar-refractivity contribution in [2.75, 3.05) is 26.2 Å². The van der Waals surface area contributed by atoms with Gasteiger partial charge in [0.2, 0.25) is 0 Å². The van der Waals surface area contributed by atoms with Gasteiger partial charge in [0.1, 0.15) is 5.82 Å². The third kappa shape index (κ3) is 3.57. The van der Waals surface area contributed by atoms with Gasteiger partial charge < -0.3 is 14.4 Å². The van der Waals surface area contributed by atoms with Crippen molar-refractivity contribution in [1.82, 2.24) is 14.4 Å². The van der Waals surface area contributed by atoms with Crippen LogP contribution in [0.5, 0.6) is 0 Å². The predicted molar refractivity (Wildman–Crippen MR) is 112 cm³/mol. The lowest BCUT2D eigenvalue weighted by Gasteiger charge is -2.35. The number of fused-ring (bicyclic) bond motifs is 1. The number of aromatic nitrogens is 1. The Balaban J connectivity index is 1.54. The summed E-state index contributed by atoms with van der Waals surface area (Å²) in [4.78, 5) is 41.2. The molecule has 8 heteroatoms. The predicted octanol–water partition coefficient (Wildman–Crippen LogP) is 2.93. The van der Waals surface area contributed by atoms with E-state index >= 15 is 0 Å². The van der Waals surface area contributed by atoms with Crippen LogP contribution in [-0.2, 0) is 7.05 Å². The molecule has 1 aromatic heterocycles. The van der Waals surface area contributed by atoms with E-state index in [0.29, 0.717) is 16.5 Å². The minimum Gasteiger partial charge on any atom is -0.335 e. The maximum atomic E-state index is 14.0. The molecule has 1 fully saturated rings. The van der Waals surface area contributed by atoms with E-state index in [9.17, 15) is 18.8 Å². The molecule has 0 radical (unpaired) electrons. The van der Waals surface area contributed by atoms with Crippen LogP contribution >= 0.6 is 11.6 Å². The van der Waals surface area contributed by atoms with E-state index in [1.807, 2.05) is 18.2 Å². The SMILES string of the molecule is Cn1c(=O)cc(C(=O)N2CCN(C(=O)c3cc(Cl)ccc3F)CC2)c2ccccc21. The first-order valence-electron chi connectivity index (χ1n) is 9.49. The summed E-state index contributed by atoms with van der Waals surface area (Å²) < 4.78 is 15.5. The minimum atomic E-state index is -0.630. The summed E-state index contributed by atoms with van der Waals surface area (Å²) in [6, 6.07) is 12.4. The number of amides is 2. The Morgan fingerprint density at radius 3 is 2.17 bits per heavy atom. The van der Waals surface area contributed by atoms with E-state index in [0.717, 1.165) is 6.07 Å². The Kier molecular flexibility index (Phi) is 5.30. The van der Waals surface area contributed by atoms with Crippen molar-refractivity contribution in [3.63, 3.8) is 0 Å². The monoisotopic (exact) mass is 427 g/mol. The quantitative estimate of drug-likeness (QED) is 0.631. The lowest BCUT2D eigenvalue weighted by Crippen LogP contribution is -2.50. The van der Waals surface area contributed by atoms with Crippen molar-refractivity contribution in [3.8, 4) is 0 Å². The van der Waals surface area contributed by atoms with Gasteiger partial charge >= 0.3 is 0 Å². The Bertz CT molecular complexity index is 1220. The van der Waals surface area contributed by atoms with Crippen LogP contribution in [-0.4, -0.2) is 52.4 Å². The van der Waals surface area contributed by atoms with Gasteiger partial charge in [-0.1, -0.05) is 29.8 Å². The van der Waals surface area contributed by atoms with Gasteiger partial charge in [-0.25, -0.2) is 4.39 Å². The summed E-state index contributed by atoms with van der Waals surface area (Å²) in [6.07, 6.45) is 0. The smallest absolute Gasteiger partial charge is 0.257 e. The highest BCUT2D eigenvalue weighted by Gasteiger charge is 2.28. The summed E-state index contributed by atoms with van der Waals surface area (Å²) in [6.45, 7) is 1.10. The number of hydrogen-bond donors (Lipinski definition) is 0. The Hall–Kier alpha value is -3.19. The highest BCUT2D eigenvalue weighted by molar-refractivity contribution is 6.31. The van der Waals surface area contributed by atoms with Gasteiger partial charge in [-0.3, -0.25) is 14.4 Å². The first-order chi connectivity index (χ1) is 14.4. The molecule has 1 aliphatic heterocycles. The molecule has 154 valence electrons. The molecule has 0 saturated carbocycles. The molecule has 1 saturated heterocycles. The second-order valence-electron chi connectivity index (χ2n) is 7.18. The molecular formula is C22H19ClFN3O3. The molecule has 0 bridgehead atoms. The summed E-state index contributed by atoms with van der Waals surface area (Å²) in [5.41, 5.74) is 0.676. The molecule has 3 aromatic rings. The number of aryl methyl sites for hydroxylation is 1. The highest BCUT2D eigenvalue weighted by Crippen LogP contribution is 2.21. The van der Waals surface area contributed by atoms with Gasteiger partial charge in [-0.2, -0.15) is 0 Å². The molecule has 1 aliphatic rings. The van der Waals surface area contributed by atoms with Crippen molar-refractivity contribution >= 4 is 34.3 Å². The van der Waals surface area contributed by atoms with Crippen LogP contribution in [0.4, 0.5) is 4.39 Å². The number of halogens is 2. The van der Waals surface area contributed by atoms with Gasteiger partial charge in [-0.15, -0.1) is 0 Å². The third-order valence-corrected chi connectivity index (χ3v) is 5.63. The zero-order chi connectivity index (χ0) is 21.4. The number of piperazine rings is 1. The largest absolute Gasteiger partial charge is 0.335 e. The van der Waals surface area contributed by atoms with Gasteiger partial charge in [0, 0.05) is 49.7 Å². The summed E-state index contributed by atoms with van der Waals surface area (Å²) in [5, 5.41) is 0.982. The lowest BCUT2D eigenvalue weighted by atomic mass is 10.1. The summed E-state index contributed by atoms with van der Waals surface area (Å²) >= 11 is 5.89. The molecule has 6 nitrogen and oxygen atoms in total. The number of para-hydroxylation sites is 1.